The molecule has 1 N–H and O–H groups in total. The molecule has 2 nitrogen and oxygen atoms in total. The van der Waals surface area contributed by atoms with Crippen LogP contribution in [-0.2, 0) is 6.42 Å². The third-order valence-corrected chi connectivity index (χ3v) is 3.65. The zero-order valence-corrected chi connectivity index (χ0v) is 12.7. The molecule has 0 saturated carbocycles. The minimum absolute atomic E-state index is 0.495. The van der Waals surface area contributed by atoms with Gasteiger partial charge in [-0.2, -0.15) is 0 Å². The minimum atomic E-state index is 0.495. The second-order valence-electron chi connectivity index (χ2n) is 5.29. The standard InChI is InChI=1S/C18H23NO/c1-13-5-10-18(20-4)17(11-13)16-8-6-15(7-9-16)12-14(2)19-3/h5-11,14,19H,12H2,1-4H3. The fraction of sp³-hybridized carbons (Fsp3) is 0.333. The first-order valence-corrected chi connectivity index (χ1v) is 7.05. The van der Waals surface area contributed by atoms with Crippen LogP contribution in [0.5, 0.6) is 5.75 Å². The summed E-state index contributed by atoms with van der Waals surface area (Å²) in [5, 5.41) is 3.27. The van der Waals surface area contributed by atoms with Gasteiger partial charge in [0.05, 0.1) is 7.11 Å². The maximum atomic E-state index is 5.46. The van der Waals surface area contributed by atoms with Crippen molar-refractivity contribution in [3.63, 3.8) is 0 Å². The first kappa shape index (κ1) is 14.6. The monoisotopic (exact) mass is 269 g/mol. The molecule has 106 valence electrons. The van der Waals surface area contributed by atoms with E-state index in [4.69, 9.17) is 4.74 Å². The summed E-state index contributed by atoms with van der Waals surface area (Å²) in [6.07, 6.45) is 1.04. The Labute approximate surface area is 121 Å². The molecule has 1 unspecified atom stereocenters. The minimum Gasteiger partial charge on any atom is -0.496 e. The predicted molar refractivity (Wildman–Crippen MR) is 85.4 cm³/mol. The van der Waals surface area contributed by atoms with Gasteiger partial charge in [0.15, 0.2) is 0 Å². The molecule has 0 bridgehead atoms. The van der Waals surface area contributed by atoms with Gasteiger partial charge >= 0.3 is 0 Å². The van der Waals surface area contributed by atoms with Gasteiger partial charge in [-0.1, -0.05) is 35.9 Å². The van der Waals surface area contributed by atoms with Crippen LogP contribution >= 0.6 is 0 Å². The molecule has 0 fully saturated rings. The van der Waals surface area contributed by atoms with Crippen LogP contribution in [0.1, 0.15) is 18.1 Å². The number of ether oxygens (including phenoxy) is 1. The van der Waals surface area contributed by atoms with Crippen molar-refractivity contribution in [1.82, 2.24) is 5.32 Å². The summed E-state index contributed by atoms with van der Waals surface area (Å²) in [4.78, 5) is 0. The molecule has 0 aliphatic rings. The Bertz CT molecular complexity index is 560. The Morgan fingerprint density at radius 2 is 1.80 bits per heavy atom. The maximum Gasteiger partial charge on any atom is 0.126 e. The molecule has 0 aliphatic heterocycles. The molecule has 2 rings (SSSR count). The number of aryl methyl sites for hydroxylation is 1. The van der Waals surface area contributed by atoms with E-state index in [9.17, 15) is 0 Å². The Balaban J connectivity index is 2.28. The van der Waals surface area contributed by atoms with Gasteiger partial charge in [0.25, 0.3) is 0 Å². The predicted octanol–water partition coefficient (Wildman–Crippen LogP) is 3.82. The van der Waals surface area contributed by atoms with Crippen LogP contribution in [0.2, 0.25) is 0 Å². The number of methoxy groups -OCH3 is 1. The first-order chi connectivity index (χ1) is 9.63. The fourth-order valence-electron chi connectivity index (χ4n) is 2.32. The molecular formula is C18H23NO. The SMILES string of the molecule is CNC(C)Cc1ccc(-c2cc(C)ccc2OC)cc1. The van der Waals surface area contributed by atoms with Crippen molar-refractivity contribution >= 4 is 0 Å². The van der Waals surface area contributed by atoms with Crippen LogP contribution in [-0.4, -0.2) is 20.2 Å². The molecule has 0 radical (unpaired) electrons. The quantitative estimate of drug-likeness (QED) is 0.891. The van der Waals surface area contributed by atoms with Crippen LogP contribution in [0.15, 0.2) is 42.5 Å². The zero-order valence-electron chi connectivity index (χ0n) is 12.7. The third-order valence-electron chi connectivity index (χ3n) is 3.65. The van der Waals surface area contributed by atoms with Gasteiger partial charge in [-0.25, -0.2) is 0 Å². The highest BCUT2D eigenvalue weighted by Gasteiger charge is 2.07. The van der Waals surface area contributed by atoms with Crippen molar-refractivity contribution in [2.24, 2.45) is 0 Å². The lowest BCUT2D eigenvalue weighted by molar-refractivity contribution is 0.416. The van der Waals surface area contributed by atoms with E-state index in [-0.39, 0.29) is 0 Å². The number of rotatable bonds is 5. The number of benzene rings is 2. The third kappa shape index (κ3) is 3.40. The molecule has 2 aromatic carbocycles. The number of likely N-dealkylation sites (N-methyl/N-ethyl adjacent to an activating group) is 1. The normalized spacial score (nSPS) is 12.2. The summed E-state index contributed by atoms with van der Waals surface area (Å²) in [7, 11) is 3.72. The van der Waals surface area contributed by atoms with Gasteiger partial charge in [0, 0.05) is 11.6 Å². The fourth-order valence-corrected chi connectivity index (χ4v) is 2.32. The van der Waals surface area contributed by atoms with Gasteiger partial charge in [-0.15, -0.1) is 0 Å². The topological polar surface area (TPSA) is 21.3 Å². The second-order valence-corrected chi connectivity index (χ2v) is 5.29. The number of hydrogen-bond acceptors (Lipinski definition) is 2. The van der Waals surface area contributed by atoms with E-state index < -0.39 is 0 Å². The van der Waals surface area contributed by atoms with E-state index in [1.807, 2.05) is 13.1 Å². The molecule has 0 saturated heterocycles. The van der Waals surface area contributed by atoms with Crippen molar-refractivity contribution in [2.75, 3.05) is 14.2 Å². The molecule has 0 aliphatic carbocycles. The van der Waals surface area contributed by atoms with Crippen molar-refractivity contribution in [3.05, 3.63) is 53.6 Å². The van der Waals surface area contributed by atoms with E-state index in [0.717, 1.165) is 17.7 Å². The van der Waals surface area contributed by atoms with E-state index in [2.05, 4.69) is 55.6 Å². The van der Waals surface area contributed by atoms with Crippen molar-refractivity contribution in [3.8, 4) is 16.9 Å². The highest BCUT2D eigenvalue weighted by atomic mass is 16.5. The molecule has 2 heteroatoms. The van der Waals surface area contributed by atoms with Gasteiger partial charge in [0.1, 0.15) is 5.75 Å². The second kappa shape index (κ2) is 6.58. The van der Waals surface area contributed by atoms with Crippen LogP contribution in [0.25, 0.3) is 11.1 Å². The Hall–Kier alpha value is -1.80. The molecule has 0 spiro atoms. The molecule has 1 atom stereocenters. The smallest absolute Gasteiger partial charge is 0.126 e. The van der Waals surface area contributed by atoms with E-state index in [1.165, 1.54) is 16.7 Å². The van der Waals surface area contributed by atoms with Crippen LogP contribution < -0.4 is 10.1 Å². The Morgan fingerprint density at radius 1 is 1.10 bits per heavy atom. The average molecular weight is 269 g/mol. The summed E-state index contributed by atoms with van der Waals surface area (Å²) in [6, 6.07) is 15.5. The van der Waals surface area contributed by atoms with Crippen LogP contribution in [0.3, 0.4) is 0 Å². The van der Waals surface area contributed by atoms with E-state index in [1.54, 1.807) is 7.11 Å². The highest BCUT2D eigenvalue weighted by Crippen LogP contribution is 2.31. The number of hydrogen-bond donors (Lipinski definition) is 1. The lowest BCUT2D eigenvalue weighted by Gasteiger charge is -2.12. The first-order valence-electron chi connectivity index (χ1n) is 7.05. The summed E-state index contributed by atoms with van der Waals surface area (Å²) in [5.74, 6) is 0.923. The molecule has 0 amide bonds. The molecule has 20 heavy (non-hydrogen) atoms. The van der Waals surface area contributed by atoms with Gasteiger partial charge in [-0.05, 0) is 50.6 Å². The van der Waals surface area contributed by atoms with E-state index in [0.29, 0.717) is 6.04 Å². The van der Waals surface area contributed by atoms with Crippen molar-refractivity contribution in [1.29, 1.82) is 0 Å². The summed E-state index contributed by atoms with van der Waals surface area (Å²) < 4.78 is 5.46. The zero-order chi connectivity index (χ0) is 14.5. The summed E-state index contributed by atoms with van der Waals surface area (Å²) >= 11 is 0. The summed E-state index contributed by atoms with van der Waals surface area (Å²) in [6.45, 7) is 4.30. The lowest BCUT2D eigenvalue weighted by atomic mass is 9.99. The lowest BCUT2D eigenvalue weighted by Crippen LogP contribution is -2.23. The van der Waals surface area contributed by atoms with Crippen LogP contribution in [0, 0.1) is 6.92 Å². The molecule has 0 heterocycles. The highest BCUT2D eigenvalue weighted by molar-refractivity contribution is 5.71. The number of nitrogens with one attached hydrogen (secondary N) is 1. The molecular weight excluding hydrogens is 246 g/mol. The Kier molecular flexibility index (Phi) is 4.80. The largest absolute Gasteiger partial charge is 0.496 e. The van der Waals surface area contributed by atoms with Crippen molar-refractivity contribution < 1.29 is 4.74 Å². The van der Waals surface area contributed by atoms with Crippen molar-refractivity contribution in [2.45, 2.75) is 26.3 Å². The van der Waals surface area contributed by atoms with E-state index >= 15 is 0 Å². The van der Waals surface area contributed by atoms with Gasteiger partial charge in [-0.3, -0.25) is 0 Å². The van der Waals surface area contributed by atoms with Gasteiger partial charge in [0.2, 0.25) is 0 Å². The maximum absolute atomic E-state index is 5.46. The summed E-state index contributed by atoms with van der Waals surface area (Å²) in [5.41, 5.74) is 4.95. The molecule has 2 aromatic rings. The Morgan fingerprint density at radius 3 is 2.40 bits per heavy atom. The van der Waals surface area contributed by atoms with Crippen LogP contribution in [0.4, 0.5) is 0 Å². The van der Waals surface area contributed by atoms with Gasteiger partial charge < -0.3 is 10.1 Å². The molecule has 0 aromatic heterocycles. The average Bonchev–Trinajstić information content (AvgIpc) is 2.48.